The number of rotatable bonds is 2. The summed E-state index contributed by atoms with van der Waals surface area (Å²) >= 11 is 3.49. The predicted octanol–water partition coefficient (Wildman–Crippen LogP) is 3.30. The van der Waals surface area contributed by atoms with Gasteiger partial charge in [-0.15, -0.1) is 0 Å². The highest BCUT2D eigenvalue weighted by Crippen LogP contribution is 2.12. The van der Waals surface area contributed by atoms with Gasteiger partial charge in [-0.05, 0) is 33.6 Å². The van der Waals surface area contributed by atoms with E-state index < -0.39 is 0 Å². The first-order valence-electron chi connectivity index (χ1n) is 4.21. The van der Waals surface area contributed by atoms with Gasteiger partial charge in [0.2, 0.25) is 0 Å². The Morgan fingerprint density at radius 1 is 1.00 bits per heavy atom. The normalized spacial score (nSPS) is 10.2. The smallest absolute Gasteiger partial charge is 0.0849 e. The van der Waals surface area contributed by atoms with Crippen molar-refractivity contribution < 1.29 is 0 Å². The van der Waals surface area contributed by atoms with Crippen molar-refractivity contribution in [1.29, 1.82) is 0 Å². The fraction of sp³-hybridized carbons (Fsp3) is 0.0909. The van der Waals surface area contributed by atoms with Gasteiger partial charge in [0.05, 0.1) is 4.60 Å². The third-order valence-corrected chi connectivity index (χ3v) is 2.69. The molecule has 1 nitrogen and oxygen atoms in total. The lowest BCUT2D eigenvalue weighted by Gasteiger charge is -2.04. The van der Waals surface area contributed by atoms with Gasteiger partial charge >= 0.3 is 0 Å². The van der Waals surface area contributed by atoms with Crippen LogP contribution < -0.4 is 0 Å². The van der Waals surface area contributed by atoms with Crippen LogP contribution in [-0.4, -0.2) is 4.57 Å². The molecule has 0 aliphatic rings. The van der Waals surface area contributed by atoms with Gasteiger partial charge in [0.1, 0.15) is 0 Å². The number of aromatic nitrogens is 1. The predicted molar refractivity (Wildman–Crippen MR) is 57.7 cm³/mol. The van der Waals surface area contributed by atoms with Crippen molar-refractivity contribution in [2.75, 3.05) is 0 Å². The molecule has 0 aliphatic heterocycles. The highest BCUT2D eigenvalue weighted by molar-refractivity contribution is 9.10. The van der Waals surface area contributed by atoms with E-state index in [0.717, 1.165) is 11.1 Å². The molecule has 0 amide bonds. The number of halogens is 1. The molecule has 0 unspecified atom stereocenters. The summed E-state index contributed by atoms with van der Waals surface area (Å²) < 4.78 is 3.28. The zero-order valence-corrected chi connectivity index (χ0v) is 8.74. The molecule has 0 aliphatic carbocycles. The quantitative estimate of drug-likeness (QED) is 0.753. The van der Waals surface area contributed by atoms with Crippen LogP contribution in [0.2, 0.25) is 0 Å². The second kappa shape index (κ2) is 3.79. The van der Waals surface area contributed by atoms with Gasteiger partial charge in [0, 0.05) is 12.7 Å². The van der Waals surface area contributed by atoms with E-state index in [-0.39, 0.29) is 0 Å². The monoisotopic (exact) mass is 235 g/mol. The molecule has 2 rings (SSSR count). The minimum atomic E-state index is 0.925. The Morgan fingerprint density at radius 2 is 1.77 bits per heavy atom. The minimum absolute atomic E-state index is 0.925. The molecule has 0 bridgehead atoms. The molecule has 1 heterocycles. The number of hydrogen-bond acceptors (Lipinski definition) is 0. The Labute approximate surface area is 86.1 Å². The first kappa shape index (κ1) is 8.57. The SMILES string of the molecule is Brc1cccn1Cc1ccccc1. The maximum atomic E-state index is 3.49. The standard InChI is InChI=1S/C11H10BrN/c12-11-7-4-8-13(11)9-10-5-2-1-3-6-10/h1-8H,9H2. The number of nitrogens with zero attached hydrogens (tertiary/aromatic N) is 1. The fourth-order valence-electron chi connectivity index (χ4n) is 1.30. The zero-order chi connectivity index (χ0) is 9.10. The van der Waals surface area contributed by atoms with Gasteiger partial charge in [-0.3, -0.25) is 0 Å². The van der Waals surface area contributed by atoms with E-state index in [2.05, 4.69) is 51.0 Å². The molecule has 2 aromatic rings. The summed E-state index contributed by atoms with van der Waals surface area (Å²) in [7, 11) is 0. The molecule has 0 saturated heterocycles. The lowest BCUT2D eigenvalue weighted by molar-refractivity contribution is 0.787. The van der Waals surface area contributed by atoms with Crippen LogP contribution in [-0.2, 0) is 6.54 Å². The summed E-state index contributed by atoms with van der Waals surface area (Å²) in [4.78, 5) is 0. The molecule has 0 atom stereocenters. The molecule has 13 heavy (non-hydrogen) atoms. The van der Waals surface area contributed by atoms with Crippen LogP contribution in [0.5, 0.6) is 0 Å². The second-order valence-corrected chi connectivity index (χ2v) is 3.76. The van der Waals surface area contributed by atoms with Crippen molar-refractivity contribution >= 4 is 15.9 Å². The van der Waals surface area contributed by atoms with Crippen LogP contribution in [0.15, 0.2) is 53.3 Å². The third-order valence-electron chi connectivity index (χ3n) is 1.97. The van der Waals surface area contributed by atoms with Gasteiger partial charge < -0.3 is 4.57 Å². The maximum Gasteiger partial charge on any atom is 0.0849 e. The second-order valence-electron chi connectivity index (χ2n) is 2.94. The van der Waals surface area contributed by atoms with E-state index in [0.29, 0.717) is 0 Å². The Balaban J connectivity index is 2.20. The average Bonchev–Trinajstić information content (AvgIpc) is 2.54. The number of benzene rings is 1. The first-order valence-corrected chi connectivity index (χ1v) is 5.00. The molecule has 2 heteroatoms. The summed E-state index contributed by atoms with van der Waals surface area (Å²) in [6, 6.07) is 14.5. The van der Waals surface area contributed by atoms with Crippen LogP contribution in [0, 0.1) is 0 Å². The van der Waals surface area contributed by atoms with E-state index >= 15 is 0 Å². The van der Waals surface area contributed by atoms with Crippen molar-refractivity contribution in [2.45, 2.75) is 6.54 Å². The van der Waals surface area contributed by atoms with Crippen LogP contribution in [0.3, 0.4) is 0 Å². The Bertz CT molecular complexity index is 378. The molecule has 66 valence electrons. The first-order chi connectivity index (χ1) is 6.36. The highest BCUT2D eigenvalue weighted by Gasteiger charge is 1.96. The lowest BCUT2D eigenvalue weighted by atomic mass is 10.2. The van der Waals surface area contributed by atoms with Gasteiger partial charge in [0.25, 0.3) is 0 Å². The van der Waals surface area contributed by atoms with Gasteiger partial charge in [-0.1, -0.05) is 30.3 Å². The molecule has 0 saturated carbocycles. The van der Waals surface area contributed by atoms with Crippen molar-refractivity contribution in [2.24, 2.45) is 0 Å². The minimum Gasteiger partial charge on any atom is -0.338 e. The van der Waals surface area contributed by atoms with Crippen LogP contribution in [0.4, 0.5) is 0 Å². The van der Waals surface area contributed by atoms with Crippen LogP contribution in [0.25, 0.3) is 0 Å². The topological polar surface area (TPSA) is 4.93 Å². The molecule has 1 aromatic heterocycles. The molecular formula is C11H10BrN. The summed E-state index contributed by atoms with van der Waals surface area (Å²) in [5, 5.41) is 0. The van der Waals surface area contributed by atoms with E-state index in [1.807, 2.05) is 18.2 Å². The van der Waals surface area contributed by atoms with Gasteiger partial charge in [-0.2, -0.15) is 0 Å². The highest BCUT2D eigenvalue weighted by atomic mass is 79.9. The molecular weight excluding hydrogens is 226 g/mol. The molecule has 0 N–H and O–H groups in total. The maximum absolute atomic E-state index is 3.49. The Morgan fingerprint density at radius 3 is 2.38 bits per heavy atom. The van der Waals surface area contributed by atoms with E-state index in [4.69, 9.17) is 0 Å². The zero-order valence-electron chi connectivity index (χ0n) is 7.15. The van der Waals surface area contributed by atoms with Crippen molar-refractivity contribution in [3.8, 4) is 0 Å². The van der Waals surface area contributed by atoms with Crippen molar-refractivity contribution in [1.82, 2.24) is 4.57 Å². The molecule has 0 spiro atoms. The number of hydrogen-bond donors (Lipinski definition) is 0. The summed E-state index contributed by atoms with van der Waals surface area (Å²) in [5.74, 6) is 0. The third kappa shape index (κ3) is 2.01. The lowest BCUT2D eigenvalue weighted by Crippen LogP contribution is -1.97. The molecule has 0 radical (unpaired) electrons. The van der Waals surface area contributed by atoms with E-state index in [1.54, 1.807) is 0 Å². The molecule has 1 aromatic carbocycles. The van der Waals surface area contributed by atoms with E-state index in [9.17, 15) is 0 Å². The van der Waals surface area contributed by atoms with E-state index in [1.165, 1.54) is 5.56 Å². The average molecular weight is 236 g/mol. The van der Waals surface area contributed by atoms with Gasteiger partial charge in [-0.25, -0.2) is 0 Å². The van der Waals surface area contributed by atoms with Crippen molar-refractivity contribution in [3.63, 3.8) is 0 Å². The summed E-state index contributed by atoms with van der Waals surface area (Å²) in [6.45, 7) is 0.925. The Kier molecular flexibility index (Phi) is 2.50. The summed E-state index contributed by atoms with van der Waals surface area (Å²) in [6.07, 6.45) is 2.07. The van der Waals surface area contributed by atoms with Crippen molar-refractivity contribution in [3.05, 3.63) is 58.8 Å². The van der Waals surface area contributed by atoms with Gasteiger partial charge in [0.15, 0.2) is 0 Å². The largest absolute Gasteiger partial charge is 0.338 e. The van der Waals surface area contributed by atoms with Crippen LogP contribution in [0.1, 0.15) is 5.56 Å². The fourth-order valence-corrected chi connectivity index (χ4v) is 1.70. The Hall–Kier alpha value is -1.02. The molecule has 0 fully saturated rings. The summed E-state index contributed by atoms with van der Waals surface area (Å²) in [5.41, 5.74) is 1.32. The van der Waals surface area contributed by atoms with Crippen LogP contribution >= 0.6 is 15.9 Å².